The van der Waals surface area contributed by atoms with Crippen LogP contribution in [0.15, 0.2) is 33.7 Å². The summed E-state index contributed by atoms with van der Waals surface area (Å²) in [5.41, 5.74) is 6.07. The molecule has 0 aliphatic carbocycles. The molecule has 2 aromatic rings. The molecule has 0 aliphatic heterocycles. The summed E-state index contributed by atoms with van der Waals surface area (Å²) in [5.74, 6) is 1.61. The van der Waals surface area contributed by atoms with E-state index >= 15 is 0 Å². The number of nitrogens with two attached hydrogens (primary N) is 1. The van der Waals surface area contributed by atoms with E-state index in [-0.39, 0.29) is 5.91 Å². The molecule has 7 heteroatoms. The molecule has 0 aliphatic rings. The standard InChI is InChI=1S/C14H18N4O2S/c1-10-17-13(20-18-10)9-21-12-6-3-2-5-11(12)14(19)16-8-4-7-15/h2-3,5-6H,4,7-9,15H2,1H3,(H,16,19). The number of benzene rings is 1. The van der Waals surface area contributed by atoms with Crippen LogP contribution in [-0.2, 0) is 5.75 Å². The Hall–Kier alpha value is -1.86. The fourth-order valence-corrected chi connectivity index (χ4v) is 2.60. The lowest BCUT2D eigenvalue weighted by Crippen LogP contribution is -2.26. The number of hydrogen-bond acceptors (Lipinski definition) is 6. The van der Waals surface area contributed by atoms with E-state index in [9.17, 15) is 4.79 Å². The maximum Gasteiger partial charge on any atom is 0.252 e. The summed E-state index contributed by atoms with van der Waals surface area (Å²) in [6, 6.07) is 7.46. The van der Waals surface area contributed by atoms with Crippen molar-refractivity contribution in [2.45, 2.75) is 24.0 Å². The Morgan fingerprint density at radius 1 is 1.43 bits per heavy atom. The molecule has 6 nitrogen and oxygen atoms in total. The zero-order chi connectivity index (χ0) is 15.1. The molecule has 0 saturated carbocycles. The third-order valence-corrected chi connectivity index (χ3v) is 3.78. The lowest BCUT2D eigenvalue weighted by Gasteiger charge is -2.08. The van der Waals surface area contributed by atoms with Crippen LogP contribution in [0.1, 0.15) is 28.5 Å². The summed E-state index contributed by atoms with van der Waals surface area (Å²) >= 11 is 1.50. The first kappa shape index (κ1) is 15.5. The average molecular weight is 306 g/mol. The maximum absolute atomic E-state index is 12.1. The minimum Gasteiger partial charge on any atom is -0.352 e. The number of carbonyl (C=O) groups is 1. The van der Waals surface area contributed by atoms with Gasteiger partial charge >= 0.3 is 0 Å². The fraction of sp³-hybridized carbons (Fsp3) is 0.357. The predicted octanol–water partition coefficient (Wildman–Crippen LogP) is 1.75. The van der Waals surface area contributed by atoms with Crippen LogP contribution < -0.4 is 11.1 Å². The molecule has 2 rings (SSSR count). The second-order valence-corrected chi connectivity index (χ2v) is 5.44. The van der Waals surface area contributed by atoms with Gasteiger partial charge in [0.2, 0.25) is 5.89 Å². The van der Waals surface area contributed by atoms with Gasteiger partial charge in [0, 0.05) is 11.4 Å². The van der Waals surface area contributed by atoms with Crippen LogP contribution >= 0.6 is 11.8 Å². The van der Waals surface area contributed by atoms with E-state index in [4.69, 9.17) is 10.3 Å². The van der Waals surface area contributed by atoms with E-state index in [1.54, 1.807) is 13.0 Å². The number of aromatic nitrogens is 2. The normalized spacial score (nSPS) is 10.6. The van der Waals surface area contributed by atoms with E-state index < -0.39 is 0 Å². The van der Waals surface area contributed by atoms with Crippen molar-refractivity contribution in [3.63, 3.8) is 0 Å². The predicted molar refractivity (Wildman–Crippen MR) is 81.0 cm³/mol. The number of nitrogens with one attached hydrogen (secondary N) is 1. The Labute approximate surface area is 127 Å². The maximum atomic E-state index is 12.1. The van der Waals surface area contributed by atoms with E-state index in [2.05, 4.69) is 15.5 Å². The highest BCUT2D eigenvalue weighted by Gasteiger charge is 2.12. The zero-order valence-corrected chi connectivity index (χ0v) is 12.7. The second-order valence-electron chi connectivity index (χ2n) is 4.42. The van der Waals surface area contributed by atoms with Crippen molar-refractivity contribution in [3.8, 4) is 0 Å². The van der Waals surface area contributed by atoms with E-state index in [0.717, 1.165) is 11.3 Å². The molecule has 1 amide bonds. The van der Waals surface area contributed by atoms with Crippen LogP contribution in [0, 0.1) is 6.92 Å². The van der Waals surface area contributed by atoms with Crippen LogP contribution in [0.2, 0.25) is 0 Å². The van der Waals surface area contributed by atoms with Gasteiger partial charge in [0.15, 0.2) is 5.82 Å². The van der Waals surface area contributed by atoms with Crippen LogP contribution in [0.5, 0.6) is 0 Å². The van der Waals surface area contributed by atoms with Gasteiger partial charge in [-0.15, -0.1) is 11.8 Å². The van der Waals surface area contributed by atoms with Crippen molar-refractivity contribution in [2.75, 3.05) is 13.1 Å². The van der Waals surface area contributed by atoms with Crippen LogP contribution in [0.25, 0.3) is 0 Å². The second kappa shape index (κ2) is 7.80. The molecule has 0 saturated heterocycles. The Morgan fingerprint density at radius 3 is 2.95 bits per heavy atom. The SMILES string of the molecule is Cc1noc(CSc2ccccc2C(=O)NCCCN)n1. The molecule has 1 heterocycles. The van der Waals surface area contributed by atoms with Gasteiger partial charge in [0.1, 0.15) is 0 Å². The largest absolute Gasteiger partial charge is 0.352 e. The van der Waals surface area contributed by atoms with Gasteiger partial charge in [-0.2, -0.15) is 4.98 Å². The van der Waals surface area contributed by atoms with Crippen LogP contribution in [0.3, 0.4) is 0 Å². The van der Waals surface area contributed by atoms with Crippen molar-refractivity contribution in [2.24, 2.45) is 5.73 Å². The van der Waals surface area contributed by atoms with E-state index in [1.165, 1.54) is 11.8 Å². The van der Waals surface area contributed by atoms with Crippen molar-refractivity contribution < 1.29 is 9.32 Å². The molecular weight excluding hydrogens is 288 g/mol. The van der Waals surface area contributed by atoms with Gasteiger partial charge in [0.05, 0.1) is 11.3 Å². The molecule has 112 valence electrons. The smallest absolute Gasteiger partial charge is 0.252 e. The fourth-order valence-electron chi connectivity index (χ4n) is 1.72. The van der Waals surface area contributed by atoms with E-state index in [0.29, 0.717) is 36.1 Å². The van der Waals surface area contributed by atoms with Gasteiger partial charge in [-0.25, -0.2) is 0 Å². The van der Waals surface area contributed by atoms with Gasteiger partial charge in [-0.1, -0.05) is 17.3 Å². The topological polar surface area (TPSA) is 94.0 Å². The quantitative estimate of drug-likeness (QED) is 0.598. The number of rotatable bonds is 7. The van der Waals surface area contributed by atoms with Crippen LogP contribution in [-0.4, -0.2) is 29.1 Å². The molecule has 0 atom stereocenters. The number of nitrogens with zero attached hydrogens (tertiary/aromatic N) is 2. The third kappa shape index (κ3) is 4.57. The van der Waals surface area contributed by atoms with E-state index in [1.807, 2.05) is 18.2 Å². The van der Waals surface area contributed by atoms with Crippen molar-refractivity contribution in [1.29, 1.82) is 0 Å². The molecule has 0 bridgehead atoms. The third-order valence-electron chi connectivity index (χ3n) is 2.72. The summed E-state index contributed by atoms with van der Waals surface area (Å²) < 4.78 is 5.07. The minimum absolute atomic E-state index is 0.0896. The summed E-state index contributed by atoms with van der Waals surface area (Å²) in [5, 5.41) is 6.60. The van der Waals surface area contributed by atoms with Crippen molar-refractivity contribution >= 4 is 17.7 Å². The summed E-state index contributed by atoms with van der Waals surface area (Å²) in [6.45, 7) is 2.92. The average Bonchev–Trinajstić information content (AvgIpc) is 2.91. The molecule has 0 fully saturated rings. The highest BCUT2D eigenvalue weighted by Crippen LogP contribution is 2.25. The first-order valence-electron chi connectivity index (χ1n) is 6.70. The molecular formula is C14H18N4O2S. The number of carbonyl (C=O) groups excluding carboxylic acids is 1. The Morgan fingerprint density at radius 2 is 2.24 bits per heavy atom. The lowest BCUT2D eigenvalue weighted by molar-refractivity contribution is 0.0950. The molecule has 21 heavy (non-hydrogen) atoms. The first-order valence-corrected chi connectivity index (χ1v) is 7.68. The molecule has 3 N–H and O–H groups in total. The van der Waals surface area contributed by atoms with Gasteiger partial charge in [-0.3, -0.25) is 4.79 Å². The van der Waals surface area contributed by atoms with Crippen molar-refractivity contribution in [3.05, 3.63) is 41.5 Å². The summed E-state index contributed by atoms with van der Waals surface area (Å²) in [7, 11) is 0. The van der Waals surface area contributed by atoms with Crippen LogP contribution in [0.4, 0.5) is 0 Å². The Bertz CT molecular complexity index is 600. The minimum atomic E-state index is -0.0896. The molecule has 1 aromatic heterocycles. The van der Waals surface area contributed by atoms with Gasteiger partial charge < -0.3 is 15.6 Å². The molecule has 0 radical (unpaired) electrons. The lowest BCUT2D eigenvalue weighted by atomic mass is 10.2. The summed E-state index contributed by atoms with van der Waals surface area (Å²) in [6.07, 6.45) is 0.766. The number of amides is 1. The van der Waals surface area contributed by atoms with Gasteiger partial charge in [0.25, 0.3) is 5.91 Å². The molecule has 0 unspecified atom stereocenters. The zero-order valence-electron chi connectivity index (χ0n) is 11.8. The summed E-state index contributed by atoms with van der Waals surface area (Å²) in [4.78, 5) is 17.2. The number of thioether (sulfide) groups is 1. The monoisotopic (exact) mass is 306 g/mol. The number of hydrogen-bond donors (Lipinski definition) is 2. The van der Waals surface area contributed by atoms with Crippen molar-refractivity contribution in [1.82, 2.24) is 15.5 Å². The number of aryl methyl sites for hydroxylation is 1. The molecule has 1 aromatic carbocycles. The molecule has 0 spiro atoms. The highest BCUT2D eigenvalue weighted by atomic mass is 32.2. The Balaban J connectivity index is 2.00. The van der Waals surface area contributed by atoms with Gasteiger partial charge in [-0.05, 0) is 32.0 Å². The first-order chi connectivity index (χ1) is 10.2. The highest BCUT2D eigenvalue weighted by molar-refractivity contribution is 7.98. The Kier molecular flexibility index (Phi) is 5.77.